The predicted octanol–water partition coefficient (Wildman–Crippen LogP) is 4.61. The van der Waals surface area contributed by atoms with E-state index in [4.69, 9.17) is 4.98 Å². The SMILES string of the molecule is CCCn1c(SC2CCCCC2)nc(=O)c2[nH]c(C3CCCC3)nc21. The Morgan fingerprint density at radius 1 is 1.08 bits per heavy atom. The Hall–Kier alpha value is -1.30. The molecule has 4 rings (SSSR count). The summed E-state index contributed by atoms with van der Waals surface area (Å²) >= 11 is 1.80. The normalized spacial score (nSPS) is 19.9. The summed E-state index contributed by atoms with van der Waals surface area (Å²) in [4.78, 5) is 25.3. The van der Waals surface area contributed by atoms with Crippen LogP contribution < -0.4 is 5.56 Å². The number of H-pyrrole nitrogens is 1. The third-order valence-electron chi connectivity index (χ3n) is 5.61. The van der Waals surface area contributed by atoms with Crippen molar-refractivity contribution in [2.45, 2.75) is 94.0 Å². The van der Waals surface area contributed by atoms with Crippen LogP contribution in [0.2, 0.25) is 0 Å². The van der Waals surface area contributed by atoms with Gasteiger partial charge in [0.2, 0.25) is 0 Å². The van der Waals surface area contributed by atoms with Gasteiger partial charge in [0.15, 0.2) is 16.3 Å². The molecule has 0 saturated heterocycles. The minimum absolute atomic E-state index is 0.141. The highest BCUT2D eigenvalue weighted by atomic mass is 32.2. The van der Waals surface area contributed by atoms with E-state index in [-0.39, 0.29) is 5.56 Å². The summed E-state index contributed by atoms with van der Waals surface area (Å²) in [5, 5.41) is 1.46. The van der Waals surface area contributed by atoms with E-state index in [1.165, 1.54) is 57.8 Å². The van der Waals surface area contributed by atoms with E-state index in [1.54, 1.807) is 11.8 Å². The first-order chi connectivity index (χ1) is 12.3. The largest absolute Gasteiger partial charge is 0.336 e. The van der Waals surface area contributed by atoms with Gasteiger partial charge < -0.3 is 9.55 Å². The maximum absolute atomic E-state index is 12.6. The molecule has 2 fully saturated rings. The minimum atomic E-state index is -0.141. The molecule has 25 heavy (non-hydrogen) atoms. The summed E-state index contributed by atoms with van der Waals surface area (Å²) in [5.41, 5.74) is 1.28. The zero-order valence-electron chi connectivity index (χ0n) is 15.1. The first-order valence-corrected chi connectivity index (χ1v) is 10.8. The number of aromatic amines is 1. The van der Waals surface area contributed by atoms with E-state index in [0.717, 1.165) is 29.6 Å². The number of fused-ring (bicyclic) bond motifs is 1. The van der Waals surface area contributed by atoms with Gasteiger partial charge in [-0.3, -0.25) is 4.79 Å². The molecule has 5 nitrogen and oxygen atoms in total. The number of thioether (sulfide) groups is 1. The van der Waals surface area contributed by atoms with Crippen molar-refractivity contribution in [1.29, 1.82) is 0 Å². The van der Waals surface area contributed by atoms with Gasteiger partial charge in [-0.2, -0.15) is 4.98 Å². The molecule has 2 aromatic rings. The fraction of sp³-hybridized carbons (Fsp3) is 0.737. The Labute approximate surface area is 153 Å². The lowest BCUT2D eigenvalue weighted by Crippen LogP contribution is -2.18. The van der Waals surface area contributed by atoms with Gasteiger partial charge in [0, 0.05) is 17.7 Å². The van der Waals surface area contributed by atoms with E-state index in [0.29, 0.717) is 16.7 Å². The Balaban J connectivity index is 1.73. The number of nitrogens with zero attached hydrogens (tertiary/aromatic N) is 3. The summed E-state index contributed by atoms with van der Waals surface area (Å²) in [7, 11) is 0. The standard InChI is InChI=1S/C19H28N4OS/c1-2-12-23-17-15(20-16(21-17)13-8-6-7-9-13)18(24)22-19(23)25-14-10-4-3-5-11-14/h13-14H,2-12H2,1H3,(H,20,21). The van der Waals surface area contributed by atoms with Gasteiger partial charge in [0.05, 0.1) is 0 Å². The monoisotopic (exact) mass is 360 g/mol. The van der Waals surface area contributed by atoms with Crippen molar-refractivity contribution in [1.82, 2.24) is 19.5 Å². The van der Waals surface area contributed by atoms with Crippen molar-refractivity contribution >= 4 is 22.9 Å². The van der Waals surface area contributed by atoms with Gasteiger partial charge in [0.1, 0.15) is 5.82 Å². The molecule has 2 aliphatic rings. The third kappa shape index (κ3) is 3.50. The highest BCUT2D eigenvalue weighted by Crippen LogP contribution is 2.35. The maximum Gasteiger partial charge on any atom is 0.299 e. The highest BCUT2D eigenvalue weighted by molar-refractivity contribution is 7.99. The highest BCUT2D eigenvalue weighted by Gasteiger charge is 2.24. The molecular weight excluding hydrogens is 332 g/mol. The van der Waals surface area contributed by atoms with Gasteiger partial charge in [0.25, 0.3) is 5.56 Å². The quantitative estimate of drug-likeness (QED) is 0.791. The second-order valence-electron chi connectivity index (χ2n) is 7.53. The fourth-order valence-corrected chi connectivity index (χ4v) is 5.57. The summed E-state index contributed by atoms with van der Waals surface area (Å²) in [5.74, 6) is 1.48. The first kappa shape index (κ1) is 17.1. The molecule has 136 valence electrons. The van der Waals surface area contributed by atoms with E-state index in [1.807, 2.05) is 0 Å². The van der Waals surface area contributed by atoms with Crippen molar-refractivity contribution < 1.29 is 0 Å². The van der Waals surface area contributed by atoms with Crippen LogP contribution in [-0.2, 0) is 6.54 Å². The van der Waals surface area contributed by atoms with Gasteiger partial charge in [-0.1, -0.05) is 50.8 Å². The third-order valence-corrected chi connectivity index (χ3v) is 6.94. The van der Waals surface area contributed by atoms with Crippen LogP contribution in [0.1, 0.15) is 82.9 Å². The maximum atomic E-state index is 12.6. The first-order valence-electron chi connectivity index (χ1n) is 9.93. The predicted molar refractivity (Wildman–Crippen MR) is 102 cm³/mol. The van der Waals surface area contributed by atoms with E-state index < -0.39 is 0 Å². The molecule has 0 bridgehead atoms. The van der Waals surface area contributed by atoms with Gasteiger partial charge in [-0.15, -0.1) is 0 Å². The van der Waals surface area contributed by atoms with Crippen molar-refractivity contribution in [3.8, 4) is 0 Å². The van der Waals surface area contributed by atoms with Crippen molar-refractivity contribution in [3.05, 3.63) is 16.2 Å². The molecule has 0 aromatic carbocycles. The number of hydrogen-bond acceptors (Lipinski definition) is 4. The van der Waals surface area contributed by atoms with Gasteiger partial charge in [-0.25, -0.2) is 4.98 Å². The summed E-state index contributed by atoms with van der Waals surface area (Å²) < 4.78 is 2.19. The molecule has 2 heterocycles. The second-order valence-corrected chi connectivity index (χ2v) is 8.80. The van der Waals surface area contributed by atoms with Crippen LogP contribution in [0, 0.1) is 0 Å². The van der Waals surface area contributed by atoms with Crippen molar-refractivity contribution in [2.75, 3.05) is 0 Å². The minimum Gasteiger partial charge on any atom is -0.336 e. The number of imidazole rings is 1. The molecule has 0 amide bonds. The van der Waals surface area contributed by atoms with Crippen LogP contribution in [0.3, 0.4) is 0 Å². The lowest BCUT2D eigenvalue weighted by Gasteiger charge is -2.22. The zero-order valence-corrected chi connectivity index (χ0v) is 15.9. The molecule has 0 atom stereocenters. The molecule has 0 unspecified atom stereocenters. The molecule has 2 aliphatic carbocycles. The van der Waals surface area contributed by atoms with Crippen molar-refractivity contribution in [2.24, 2.45) is 0 Å². The molecule has 0 aliphatic heterocycles. The molecule has 0 radical (unpaired) electrons. The number of aromatic nitrogens is 4. The van der Waals surface area contributed by atoms with Crippen LogP contribution in [0.5, 0.6) is 0 Å². The smallest absolute Gasteiger partial charge is 0.299 e. The number of rotatable bonds is 5. The molecule has 2 aromatic heterocycles. The van der Waals surface area contributed by atoms with Crippen LogP contribution in [-0.4, -0.2) is 24.8 Å². The zero-order chi connectivity index (χ0) is 17.2. The van der Waals surface area contributed by atoms with E-state index in [2.05, 4.69) is 21.5 Å². The molecule has 0 spiro atoms. The topological polar surface area (TPSA) is 63.6 Å². The summed E-state index contributed by atoms with van der Waals surface area (Å²) in [6.07, 6.45) is 12.3. The average molecular weight is 361 g/mol. The van der Waals surface area contributed by atoms with Gasteiger partial charge >= 0.3 is 0 Å². The van der Waals surface area contributed by atoms with Crippen LogP contribution >= 0.6 is 11.8 Å². The van der Waals surface area contributed by atoms with Crippen LogP contribution in [0.15, 0.2) is 9.95 Å². The molecule has 2 saturated carbocycles. The lowest BCUT2D eigenvalue weighted by atomic mass is 10.0. The Morgan fingerprint density at radius 2 is 1.80 bits per heavy atom. The Morgan fingerprint density at radius 3 is 2.52 bits per heavy atom. The van der Waals surface area contributed by atoms with Crippen LogP contribution in [0.25, 0.3) is 11.2 Å². The Bertz CT molecular complexity index is 785. The number of nitrogens with one attached hydrogen (secondary N) is 1. The number of aryl methyl sites for hydroxylation is 1. The second kappa shape index (κ2) is 7.52. The van der Waals surface area contributed by atoms with E-state index >= 15 is 0 Å². The Kier molecular flexibility index (Phi) is 5.15. The summed E-state index contributed by atoms with van der Waals surface area (Å²) in [6, 6.07) is 0. The summed E-state index contributed by atoms with van der Waals surface area (Å²) in [6.45, 7) is 3.04. The molecule has 1 N–H and O–H groups in total. The molecule has 6 heteroatoms. The van der Waals surface area contributed by atoms with Crippen molar-refractivity contribution in [3.63, 3.8) is 0 Å². The molecular formula is C19H28N4OS. The number of hydrogen-bond donors (Lipinski definition) is 1. The van der Waals surface area contributed by atoms with E-state index in [9.17, 15) is 4.79 Å². The average Bonchev–Trinajstić information content (AvgIpc) is 3.29. The lowest BCUT2D eigenvalue weighted by molar-refractivity contribution is 0.513. The van der Waals surface area contributed by atoms with Crippen LogP contribution in [0.4, 0.5) is 0 Å². The fourth-order valence-electron chi connectivity index (χ4n) is 4.26. The van der Waals surface area contributed by atoms with Gasteiger partial charge in [-0.05, 0) is 32.1 Å².